The minimum atomic E-state index is -4.59. The van der Waals surface area contributed by atoms with E-state index in [4.69, 9.17) is 0 Å². The van der Waals surface area contributed by atoms with Crippen molar-refractivity contribution < 1.29 is 22.4 Å². The lowest BCUT2D eigenvalue weighted by molar-refractivity contribution is -0.137. The Labute approximate surface area is 114 Å². The van der Waals surface area contributed by atoms with Crippen LogP contribution in [0.15, 0.2) is 18.2 Å². The van der Waals surface area contributed by atoms with Crippen LogP contribution in [0.2, 0.25) is 0 Å². The van der Waals surface area contributed by atoms with E-state index < -0.39 is 29.2 Å². The molecule has 0 bridgehead atoms. The molecule has 2 N–H and O–H groups in total. The van der Waals surface area contributed by atoms with Crippen molar-refractivity contribution >= 4 is 11.6 Å². The predicted octanol–water partition coefficient (Wildman–Crippen LogP) is 3.17. The third kappa shape index (κ3) is 5.16. The molecule has 0 aliphatic heterocycles. The first-order valence-corrected chi connectivity index (χ1v) is 5.91. The second kappa shape index (κ2) is 5.78. The van der Waals surface area contributed by atoms with Gasteiger partial charge in [0.15, 0.2) is 0 Å². The van der Waals surface area contributed by atoms with Gasteiger partial charge in [-0.1, -0.05) is 0 Å². The fraction of sp³-hybridized carbons (Fsp3) is 0.462. The molecule has 0 unspecified atom stereocenters. The Morgan fingerprint density at radius 2 is 1.80 bits per heavy atom. The second-order valence-corrected chi connectivity index (χ2v) is 5.34. The first kappa shape index (κ1) is 16.4. The monoisotopic (exact) mass is 292 g/mol. The van der Waals surface area contributed by atoms with Gasteiger partial charge in [-0.3, -0.25) is 4.79 Å². The lowest BCUT2D eigenvalue weighted by atomic mass is 10.1. The summed E-state index contributed by atoms with van der Waals surface area (Å²) in [6.07, 6.45) is -4.59. The highest BCUT2D eigenvalue weighted by Gasteiger charge is 2.31. The van der Waals surface area contributed by atoms with Crippen molar-refractivity contribution in [3.05, 3.63) is 29.6 Å². The SMILES string of the molecule is CC(C)(C)NCC(=O)Nc1cc(C(F)(F)F)ccc1F. The molecule has 0 saturated carbocycles. The zero-order chi connectivity index (χ0) is 15.6. The maximum Gasteiger partial charge on any atom is 0.416 e. The van der Waals surface area contributed by atoms with E-state index >= 15 is 0 Å². The number of carbonyl (C=O) groups excluding carboxylic acids is 1. The van der Waals surface area contributed by atoms with Crippen LogP contribution in [0.5, 0.6) is 0 Å². The van der Waals surface area contributed by atoms with Crippen LogP contribution in [0, 0.1) is 5.82 Å². The van der Waals surface area contributed by atoms with Gasteiger partial charge in [-0.05, 0) is 39.0 Å². The van der Waals surface area contributed by atoms with Crippen LogP contribution in [0.1, 0.15) is 26.3 Å². The summed E-state index contributed by atoms with van der Waals surface area (Å²) in [6, 6.07) is 1.87. The molecule has 0 aromatic heterocycles. The summed E-state index contributed by atoms with van der Waals surface area (Å²) in [5, 5.41) is 4.97. The molecular weight excluding hydrogens is 276 g/mol. The maximum atomic E-state index is 13.4. The summed E-state index contributed by atoms with van der Waals surface area (Å²) < 4.78 is 50.9. The van der Waals surface area contributed by atoms with Gasteiger partial charge in [0.2, 0.25) is 5.91 Å². The standard InChI is InChI=1S/C13H16F4N2O/c1-12(2,3)18-7-11(20)19-10-6-8(13(15,16)17)4-5-9(10)14/h4-6,18H,7H2,1-3H3,(H,19,20). The van der Waals surface area contributed by atoms with Gasteiger partial charge in [0.05, 0.1) is 17.8 Å². The van der Waals surface area contributed by atoms with E-state index in [1.54, 1.807) is 0 Å². The number of benzene rings is 1. The topological polar surface area (TPSA) is 41.1 Å². The molecule has 20 heavy (non-hydrogen) atoms. The number of nitrogens with one attached hydrogen (secondary N) is 2. The van der Waals surface area contributed by atoms with Gasteiger partial charge < -0.3 is 10.6 Å². The van der Waals surface area contributed by atoms with E-state index in [2.05, 4.69) is 10.6 Å². The van der Waals surface area contributed by atoms with Crippen LogP contribution in [0.3, 0.4) is 0 Å². The van der Waals surface area contributed by atoms with Crippen LogP contribution < -0.4 is 10.6 Å². The lowest BCUT2D eigenvalue weighted by Crippen LogP contribution is -2.41. The zero-order valence-electron chi connectivity index (χ0n) is 11.4. The summed E-state index contributed by atoms with van der Waals surface area (Å²) in [7, 11) is 0. The van der Waals surface area contributed by atoms with Gasteiger partial charge >= 0.3 is 6.18 Å². The van der Waals surface area contributed by atoms with Crippen molar-refractivity contribution in [3.8, 4) is 0 Å². The predicted molar refractivity (Wildman–Crippen MR) is 67.8 cm³/mol. The Morgan fingerprint density at radius 3 is 2.30 bits per heavy atom. The third-order valence-electron chi connectivity index (χ3n) is 2.35. The van der Waals surface area contributed by atoms with E-state index in [0.29, 0.717) is 18.2 Å². The number of anilines is 1. The molecule has 0 atom stereocenters. The van der Waals surface area contributed by atoms with Crippen molar-refractivity contribution in [3.63, 3.8) is 0 Å². The number of amides is 1. The van der Waals surface area contributed by atoms with E-state index in [9.17, 15) is 22.4 Å². The van der Waals surface area contributed by atoms with Crippen LogP contribution in [0.4, 0.5) is 23.2 Å². The summed E-state index contributed by atoms with van der Waals surface area (Å²) in [5.74, 6) is -1.53. The Balaban J connectivity index is 2.79. The Kier molecular flexibility index (Phi) is 4.75. The molecule has 0 heterocycles. The first-order valence-electron chi connectivity index (χ1n) is 5.91. The van der Waals surface area contributed by atoms with Crippen LogP contribution in [-0.4, -0.2) is 18.0 Å². The Bertz CT molecular complexity index is 492. The third-order valence-corrected chi connectivity index (χ3v) is 2.35. The lowest BCUT2D eigenvalue weighted by Gasteiger charge is -2.20. The van der Waals surface area contributed by atoms with Crippen LogP contribution in [0.25, 0.3) is 0 Å². The van der Waals surface area contributed by atoms with E-state index in [-0.39, 0.29) is 12.1 Å². The minimum absolute atomic E-state index is 0.126. The van der Waals surface area contributed by atoms with Crippen molar-refractivity contribution in [2.24, 2.45) is 0 Å². The van der Waals surface area contributed by atoms with E-state index in [1.165, 1.54) is 0 Å². The maximum absolute atomic E-state index is 13.4. The number of rotatable bonds is 3. The fourth-order valence-corrected chi connectivity index (χ4v) is 1.34. The van der Waals surface area contributed by atoms with Gasteiger partial charge in [0.1, 0.15) is 5.82 Å². The smallest absolute Gasteiger partial charge is 0.322 e. The van der Waals surface area contributed by atoms with Gasteiger partial charge in [0, 0.05) is 5.54 Å². The molecule has 0 saturated heterocycles. The van der Waals surface area contributed by atoms with Crippen molar-refractivity contribution in [2.45, 2.75) is 32.5 Å². The molecule has 0 fully saturated rings. The average molecular weight is 292 g/mol. The number of hydrogen-bond acceptors (Lipinski definition) is 2. The Hall–Kier alpha value is -1.63. The van der Waals surface area contributed by atoms with Crippen molar-refractivity contribution in [1.82, 2.24) is 5.32 Å². The van der Waals surface area contributed by atoms with Gasteiger partial charge in [0.25, 0.3) is 0 Å². The molecule has 1 aromatic rings. The highest BCUT2D eigenvalue weighted by molar-refractivity contribution is 5.92. The number of alkyl halides is 3. The molecule has 3 nitrogen and oxygen atoms in total. The average Bonchev–Trinajstić information content (AvgIpc) is 2.27. The molecular formula is C13H16F4N2O. The number of hydrogen-bond donors (Lipinski definition) is 2. The number of carbonyl (C=O) groups is 1. The minimum Gasteiger partial charge on any atom is -0.322 e. The van der Waals surface area contributed by atoms with E-state index in [1.807, 2.05) is 20.8 Å². The summed E-state index contributed by atoms with van der Waals surface area (Å²) >= 11 is 0. The Morgan fingerprint density at radius 1 is 1.20 bits per heavy atom. The molecule has 0 radical (unpaired) electrons. The quantitative estimate of drug-likeness (QED) is 0.840. The summed E-state index contributed by atoms with van der Waals surface area (Å²) in [5.41, 5.74) is -1.83. The zero-order valence-corrected chi connectivity index (χ0v) is 11.4. The largest absolute Gasteiger partial charge is 0.416 e. The normalized spacial score (nSPS) is 12.3. The fourth-order valence-electron chi connectivity index (χ4n) is 1.34. The molecule has 7 heteroatoms. The highest BCUT2D eigenvalue weighted by Crippen LogP contribution is 2.31. The molecule has 112 valence electrons. The molecule has 1 rings (SSSR count). The first-order chi connectivity index (χ1) is 8.99. The second-order valence-electron chi connectivity index (χ2n) is 5.34. The molecule has 0 spiro atoms. The van der Waals surface area contributed by atoms with E-state index in [0.717, 1.165) is 0 Å². The van der Waals surface area contributed by atoms with Crippen molar-refractivity contribution in [2.75, 3.05) is 11.9 Å². The highest BCUT2D eigenvalue weighted by atomic mass is 19.4. The molecule has 1 aromatic carbocycles. The summed E-state index contributed by atoms with van der Waals surface area (Å²) in [6.45, 7) is 5.35. The molecule has 0 aliphatic rings. The van der Waals surface area contributed by atoms with Gasteiger partial charge in [-0.15, -0.1) is 0 Å². The van der Waals surface area contributed by atoms with Gasteiger partial charge in [-0.2, -0.15) is 13.2 Å². The molecule has 0 aliphatic carbocycles. The number of halogens is 4. The van der Waals surface area contributed by atoms with Crippen LogP contribution >= 0.6 is 0 Å². The van der Waals surface area contributed by atoms with Crippen molar-refractivity contribution in [1.29, 1.82) is 0 Å². The molecule has 1 amide bonds. The van der Waals surface area contributed by atoms with Gasteiger partial charge in [-0.25, -0.2) is 4.39 Å². The summed E-state index contributed by atoms with van der Waals surface area (Å²) in [4.78, 5) is 11.6. The van der Waals surface area contributed by atoms with Crippen LogP contribution in [-0.2, 0) is 11.0 Å².